The van der Waals surface area contributed by atoms with Crippen LogP contribution in [0.5, 0.6) is 0 Å². The molecule has 0 aliphatic carbocycles. The summed E-state index contributed by atoms with van der Waals surface area (Å²) in [7, 11) is -3.68. The molecule has 0 spiro atoms. The standard InChI is InChI=1S/C22H29N3O4S/c1-18-6-8-19(9-7-18)30(26,27)23-21-5-3-2-4-20(21)22(24-10-14-28-15-11-24)25-12-16-29-17-13-25/h2-9,22-23H,10-17H2,1H3. The van der Waals surface area contributed by atoms with Gasteiger partial charge in [-0.3, -0.25) is 14.5 Å². The molecule has 2 aliphatic heterocycles. The van der Waals surface area contributed by atoms with Crippen LogP contribution in [0.2, 0.25) is 0 Å². The predicted octanol–water partition coefficient (Wildman–Crippen LogP) is 2.46. The highest BCUT2D eigenvalue weighted by Gasteiger charge is 2.31. The lowest BCUT2D eigenvalue weighted by Crippen LogP contribution is -2.50. The summed E-state index contributed by atoms with van der Waals surface area (Å²) >= 11 is 0. The highest BCUT2D eigenvalue weighted by atomic mass is 32.2. The molecule has 0 amide bonds. The molecular formula is C22H29N3O4S. The molecule has 0 aromatic heterocycles. The monoisotopic (exact) mass is 431 g/mol. The molecule has 0 saturated carbocycles. The van der Waals surface area contributed by atoms with Crippen LogP contribution in [0.4, 0.5) is 5.69 Å². The fourth-order valence-corrected chi connectivity index (χ4v) is 5.09. The quantitative estimate of drug-likeness (QED) is 0.758. The van der Waals surface area contributed by atoms with E-state index in [0.717, 1.165) is 37.3 Å². The van der Waals surface area contributed by atoms with Crippen molar-refractivity contribution in [3.05, 3.63) is 59.7 Å². The Balaban J connectivity index is 1.67. The fraction of sp³-hybridized carbons (Fsp3) is 0.455. The van der Waals surface area contributed by atoms with Crippen molar-refractivity contribution in [2.24, 2.45) is 0 Å². The van der Waals surface area contributed by atoms with E-state index in [-0.39, 0.29) is 11.1 Å². The average molecular weight is 432 g/mol. The number of sulfonamides is 1. The minimum atomic E-state index is -3.68. The Bertz CT molecular complexity index is 919. The number of nitrogens with zero attached hydrogens (tertiary/aromatic N) is 2. The zero-order valence-electron chi connectivity index (χ0n) is 17.3. The number of hydrogen-bond donors (Lipinski definition) is 1. The van der Waals surface area contributed by atoms with Crippen LogP contribution in [0.3, 0.4) is 0 Å². The molecule has 2 aromatic carbocycles. The summed E-state index contributed by atoms with van der Waals surface area (Å²) in [6.07, 6.45) is -0.0327. The van der Waals surface area contributed by atoms with Gasteiger partial charge in [0.15, 0.2) is 0 Å². The highest BCUT2D eigenvalue weighted by Crippen LogP contribution is 2.33. The van der Waals surface area contributed by atoms with Gasteiger partial charge in [-0.25, -0.2) is 8.42 Å². The van der Waals surface area contributed by atoms with Gasteiger partial charge in [-0.15, -0.1) is 0 Å². The van der Waals surface area contributed by atoms with Crippen molar-refractivity contribution in [2.75, 3.05) is 57.3 Å². The molecule has 1 N–H and O–H groups in total. The number of nitrogens with one attached hydrogen (secondary N) is 1. The number of para-hydroxylation sites is 1. The summed E-state index contributed by atoms with van der Waals surface area (Å²) in [5, 5.41) is 0. The SMILES string of the molecule is Cc1ccc(S(=O)(=O)Nc2ccccc2C(N2CCOCC2)N2CCOCC2)cc1. The minimum Gasteiger partial charge on any atom is -0.379 e. The van der Waals surface area contributed by atoms with Gasteiger partial charge in [0, 0.05) is 31.7 Å². The lowest BCUT2D eigenvalue weighted by molar-refractivity contribution is -0.0673. The Kier molecular flexibility index (Phi) is 6.70. The Morgan fingerprint density at radius 1 is 0.833 bits per heavy atom. The zero-order chi connectivity index (χ0) is 21.0. The van der Waals surface area contributed by atoms with Gasteiger partial charge in [0.05, 0.1) is 43.2 Å². The van der Waals surface area contributed by atoms with Crippen LogP contribution < -0.4 is 4.72 Å². The molecule has 2 aromatic rings. The molecule has 2 fully saturated rings. The molecule has 4 rings (SSSR count). The summed E-state index contributed by atoms with van der Waals surface area (Å²) in [6, 6.07) is 14.6. The van der Waals surface area contributed by atoms with Crippen molar-refractivity contribution in [2.45, 2.75) is 18.0 Å². The van der Waals surface area contributed by atoms with E-state index >= 15 is 0 Å². The molecule has 2 saturated heterocycles. The van der Waals surface area contributed by atoms with E-state index in [4.69, 9.17) is 9.47 Å². The number of anilines is 1. The highest BCUT2D eigenvalue weighted by molar-refractivity contribution is 7.92. The van der Waals surface area contributed by atoms with Gasteiger partial charge in [-0.1, -0.05) is 35.9 Å². The third kappa shape index (κ3) is 4.84. The Morgan fingerprint density at radius 2 is 1.37 bits per heavy atom. The molecule has 162 valence electrons. The van der Waals surface area contributed by atoms with Gasteiger partial charge in [-0.2, -0.15) is 0 Å². The second-order valence-electron chi connectivity index (χ2n) is 7.68. The molecule has 2 heterocycles. The van der Waals surface area contributed by atoms with E-state index in [2.05, 4.69) is 14.5 Å². The number of ether oxygens (including phenoxy) is 2. The first-order chi connectivity index (χ1) is 14.5. The van der Waals surface area contributed by atoms with Crippen molar-refractivity contribution in [3.63, 3.8) is 0 Å². The second-order valence-corrected chi connectivity index (χ2v) is 9.36. The van der Waals surface area contributed by atoms with E-state index in [1.807, 2.05) is 43.3 Å². The van der Waals surface area contributed by atoms with E-state index in [9.17, 15) is 8.42 Å². The van der Waals surface area contributed by atoms with Gasteiger partial charge in [0.25, 0.3) is 10.0 Å². The largest absolute Gasteiger partial charge is 0.379 e. The first kappa shape index (κ1) is 21.3. The minimum absolute atomic E-state index is 0.0327. The second kappa shape index (κ2) is 9.45. The molecule has 0 atom stereocenters. The van der Waals surface area contributed by atoms with Crippen LogP contribution in [-0.4, -0.2) is 70.8 Å². The third-order valence-corrected chi connectivity index (χ3v) is 6.98. The lowest BCUT2D eigenvalue weighted by Gasteiger charge is -2.43. The Labute approximate surface area is 178 Å². The summed E-state index contributed by atoms with van der Waals surface area (Å²) in [5.41, 5.74) is 2.59. The molecule has 7 nitrogen and oxygen atoms in total. The van der Waals surface area contributed by atoms with Gasteiger partial charge < -0.3 is 9.47 Å². The maximum absolute atomic E-state index is 13.1. The molecule has 8 heteroatoms. The first-order valence-corrected chi connectivity index (χ1v) is 11.8. The van der Waals surface area contributed by atoms with Crippen LogP contribution in [0, 0.1) is 6.92 Å². The molecular weight excluding hydrogens is 402 g/mol. The van der Waals surface area contributed by atoms with E-state index in [1.165, 1.54) is 0 Å². The summed E-state index contributed by atoms with van der Waals surface area (Å²) in [5.74, 6) is 0. The van der Waals surface area contributed by atoms with Gasteiger partial charge in [0.2, 0.25) is 0 Å². The molecule has 0 unspecified atom stereocenters. The third-order valence-electron chi connectivity index (χ3n) is 5.60. The first-order valence-electron chi connectivity index (χ1n) is 10.4. The van der Waals surface area contributed by atoms with Crippen LogP contribution >= 0.6 is 0 Å². The van der Waals surface area contributed by atoms with Crippen LogP contribution in [0.25, 0.3) is 0 Å². The average Bonchev–Trinajstić information content (AvgIpc) is 2.77. The Hall–Kier alpha value is -1.97. The van der Waals surface area contributed by atoms with Crippen LogP contribution in [0.1, 0.15) is 17.3 Å². The normalized spacial score (nSPS) is 19.1. The van der Waals surface area contributed by atoms with Gasteiger partial charge in [-0.05, 0) is 25.1 Å². The summed E-state index contributed by atoms with van der Waals surface area (Å²) in [6.45, 7) is 7.88. The van der Waals surface area contributed by atoms with Crippen LogP contribution in [-0.2, 0) is 19.5 Å². The van der Waals surface area contributed by atoms with Crippen molar-refractivity contribution in [1.29, 1.82) is 0 Å². The Morgan fingerprint density at radius 3 is 1.93 bits per heavy atom. The van der Waals surface area contributed by atoms with E-state index in [0.29, 0.717) is 32.1 Å². The summed E-state index contributed by atoms with van der Waals surface area (Å²) < 4.78 is 40.1. The number of rotatable bonds is 6. The zero-order valence-corrected chi connectivity index (χ0v) is 18.1. The topological polar surface area (TPSA) is 71.1 Å². The number of benzene rings is 2. The molecule has 30 heavy (non-hydrogen) atoms. The lowest BCUT2D eigenvalue weighted by atomic mass is 10.1. The molecule has 0 radical (unpaired) electrons. The number of aryl methyl sites for hydroxylation is 1. The maximum Gasteiger partial charge on any atom is 0.261 e. The molecule has 0 bridgehead atoms. The smallest absolute Gasteiger partial charge is 0.261 e. The van der Waals surface area contributed by atoms with Gasteiger partial charge in [0.1, 0.15) is 0 Å². The van der Waals surface area contributed by atoms with Crippen molar-refractivity contribution >= 4 is 15.7 Å². The molecule has 2 aliphatic rings. The van der Waals surface area contributed by atoms with Crippen molar-refractivity contribution < 1.29 is 17.9 Å². The van der Waals surface area contributed by atoms with Crippen molar-refractivity contribution in [1.82, 2.24) is 9.80 Å². The fourth-order valence-electron chi connectivity index (χ4n) is 4.00. The number of hydrogen-bond acceptors (Lipinski definition) is 6. The summed E-state index contributed by atoms with van der Waals surface area (Å²) in [4.78, 5) is 5.00. The van der Waals surface area contributed by atoms with E-state index < -0.39 is 10.0 Å². The van der Waals surface area contributed by atoms with Gasteiger partial charge >= 0.3 is 0 Å². The maximum atomic E-state index is 13.1. The number of morpholine rings is 2. The van der Waals surface area contributed by atoms with E-state index in [1.54, 1.807) is 12.1 Å². The predicted molar refractivity (Wildman–Crippen MR) is 116 cm³/mol. The van der Waals surface area contributed by atoms with Crippen molar-refractivity contribution in [3.8, 4) is 0 Å². The van der Waals surface area contributed by atoms with Crippen LogP contribution in [0.15, 0.2) is 53.4 Å².